The highest BCUT2D eigenvalue weighted by Gasteiger charge is 2.23. The van der Waals surface area contributed by atoms with Gasteiger partial charge in [0.15, 0.2) is 0 Å². The van der Waals surface area contributed by atoms with Gasteiger partial charge in [0.2, 0.25) is 0 Å². The van der Waals surface area contributed by atoms with E-state index in [0.717, 1.165) is 30.7 Å². The van der Waals surface area contributed by atoms with Gasteiger partial charge in [-0.1, -0.05) is 111 Å². The lowest BCUT2D eigenvalue weighted by molar-refractivity contribution is 0.0650. The largest absolute Gasteiger partial charge is 0.478 e. The number of hydrogen-bond acceptors (Lipinski definition) is 2. The fraction of sp³-hybridized carbons (Fsp3) is 0.714. The number of hydrogen-bond donors (Lipinski definition) is 2. The molecule has 0 amide bonds. The molecule has 32 heavy (non-hydrogen) atoms. The molecule has 1 aromatic rings. The van der Waals surface area contributed by atoms with Crippen molar-refractivity contribution in [2.75, 3.05) is 0 Å². The van der Waals surface area contributed by atoms with Crippen LogP contribution in [0.15, 0.2) is 12.1 Å². The molecule has 0 unspecified atom stereocenters. The topological polar surface area (TPSA) is 74.6 Å². The van der Waals surface area contributed by atoms with Crippen LogP contribution in [-0.4, -0.2) is 22.2 Å². The maximum absolute atomic E-state index is 11.8. The van der Waals surface area contributed by atoms with Crippen LogP contribution in [0.3, 0.4) is 0 Å². The number of unbranched alkanes of at least 4 members (excludes halogenated alkanes) is 11. The zero-order chi connectivity index (χ0) is 23.9. The lowest BCUT2D eigenvalue weighted by atomic mass is 9.87. The number of benzene rings is 1. The van der Waals surface area contributed by atoms with E-state index in [9.17, 15) is 19.8 Å². The summed E-state index contributed by atoms with van der Waals surface area (Å²) >= 11 is 0. The molecule has 0 saturated carbocycles. The molecule has 0 aliphatic rings. The standard InChI is InChI=1S/C28H46O4/c1-21(2)17-15-13-11-9-7-5-6-8-10-12-14-16-18-24-23(22(3)4)19-20-25(27(29)30)26(24)28(31)32/h19-22H,5-18H2,1-4H3,(H,29,30)(H,31,32). The molecule has 0 bridgehead atoms. The van der Waals surface area contributed by atoms with Gasteiger partial charge in [0.25, 0.3) is 0 Å². The van der Waals surface area contributed by atoms with Crippen molar-refractivity contribution in [3.05, 3.63) is 34.4 Å². The predicted molar refractivity (Wildman–Crippen MR) is 133 cm³/mol. The molecule has 0 saturated heterocycles. The van der Waals surface area contributed by atoms with Crippen LogP contribution in [0.1, 0.15) is 149 Å². The van der Waals surface area contributed by atoms with Gasteiger partial charge in [0.05, 0.1) is 11.1 Å². The van der Waals surface area contributed by atoms with Gasteiger partial charge in [0, 0.05) is 0 Å². The molecule has 1 aromatic carbocycles. The molecule has 4 nitrogen and oxygen atoms in total. The monoisotopic (exact) mass is 446 g/mol. The summed E-state index contributed by atoms with van der Waals surface area (Å²) in [7, 11) is 0. The van der Waals surface area contributed by atoms with E-state index in [1.54, 1.807) is 6.07 Å². The van der Waals surface area contributed by atoms with Gasteiger partial charge in [-0.15, -0.1) is 0 Å². The van der Waals surface area contributed by atoms with Crippen molar-refractivity contribution in [2.24, 2.45) is 5.92 Å². The zero-order valence-corrected chi connectivity index (χ0v) is 20.9. The molecule has 0 aliphatic heterocycles. The van der Waals surface area contributed by atoms with E-state index in [0.29, 0.717) is 12.0 Å². The minimum Gasteiger partial charge on any atom is -0.478 e. The van der Waals surface area contributed by atoms with Gasteiger partial charge < -0.3 is 10.2 Å². The van der Waals surface area contributed by atoms with Crippen molar-refractivity contribution in [1.82, 2.24) is 0 Å². The normalized spacial score (nSPS) is 11.4. The summed E-state index contributed by atoms with van der Waals surface area (Å²) in [6, 6.07) is 3.23. The highest BCUT2D eigenvalue weighted by Crippen LogP contribution is 2.28. The van der Waals surface area contributed by atoms with Crippen LogP contribution < -0.4 is 0 Å². The number of carboxylic acid groups (broad SMARTS) is 2. The molecule has 0 aliphatic carbocycles. The van der Waals surface area contributed by atoms with Gasteiger partial charge in [-0.05, 0) is 41.9 Å². The summed E-state index contributed by atoms with van der Waals surface area (Å²) in [6.45, 7) is 8.65. The smallest absolute Gasteiger partial charge is 0.336 e. The van der Waals surface area contributed by atoms with Crippen LogP contribution in [0.5, 0.6) is 0 Å². The number of carbonyl (C=O) groups is 2. The molecule has 2 N–H and O–H groups in total. The van der Waals surface area contributed by atoms with E-state index in [2.05, 4.69) is 13.8 Å². The van der Waals surface area contributed by atoms with Crippen molar-refractivity contribution in [3.63, 3.8) is 0 Å². The van der Waals surface area contributed by atoms with Crippen molar-refractivity contribution < 1.29 is 19.8 Å². The minimum atomic E-state index is -1.17. The second kappa shape index (κ2) is 15.9. The first-order chi connectivity index (χ1) is 15.3. The van der Waals surface area contributed by atoms with Crippen LogP contribution in [0.2, 0.25) is 0 Å². The lowest BCUT2D eigenvalue weighted by Gasteiger charge is -2.17. The van der Waals surface area contributed by atoms with Crippen molar-refractivity contribution in [2.45, 2.75) is 124 Å². The Bertz CT molecular complexity index is 691. The van der Waals surface area contributed by atoms with E-state index in [4.69, 9.17) is 0 Å². The van der Waals surface area contributed by atoms with Crippen LogP contribution in [0.4, 0.5) is 0 Å². The Morgan fingerprint density at radius 2 is 1.16 bits per heavy atom. The lowest BCUT2D eigenvalue weighted by Crippen LogP contribution is -2.14. The van der Waals surface area contributed by atoms with Crippen LogP contribution in [0.25, 0.3) is 0 Å². The fourth-order valence-electron chi connectivity index (χ4n) is 4.52. The van der Waals surface area contributed by atoms with Crippen molar-refractivity contribution >= 4 is 11.9 Å². The molecule has 0 spiro atoms. The number of rotatable bonds is 18. The molecule has 0 heterocycles. The summed E-state index contributed by atoms with van der Waals surface area (Å²) in [5.74, 6) is -1.31. The first-order valence-electron chi connectivity index (χ1n) is 12.9. The second-order valence-corrected chi connectivity index (χ2v) is 10.00. The number of aromatic carboxylic acids is 2. The Morgan fingerprint density at radius 1 is 0.688 bits per heavy atom. The van der Waals surface area contributed by atoms with Crippen molar-refractivity contribution in [3.8, 4) is 0 Å². The van der Waals surface area contributed by atoms with Gasteiger partial charge in [-0.25, -0.2) is 9.59 Å². The predicted octanol–water partition coefficient (Wildman–Crippen LogP) is 8.48. The summed E-state index contributed by atoms with van der Waals surface area (Å²) in [5.41, 5.74) is 1.54. The Balaban J connectivity index is 2.30. The maximum atomic E-state index is 11.8. The Morgan fingerprint density at radius 3 is 1.56 bits per heavy atom. The first kappa shape index (κ1) is 28.2. The third-order valence-electron chi connectivity index (χ3n) is 6.37. The van der Waals surface area contributed by atoms with Gasteiger partial charge >= 0.3 is 11.9 Å². The van der Waals surface area contributed by atoms with Gasteiger partial charge in [-0.3, -0.25) is 0 Å². The molecule has 0 aromatic heterocycles. The Kier molecular flexibility index (Phi) is 14.0. The van der Waals surface area contributed by atoms with E-state index >= 15 is 0 Å². The molecule has 0 fully saturated rings. The van der Waals surface area contributed by atoms with E-state index in [1.807, 2.05) is 13.8 Å². The summed E-state index contributed by atoms with van der Waals surface area (Å²) in [5, 5.41) is 19.1. The van der Waals surface area contributed by atoms with Crippen molar-refractivity contribution in [1.29, 1.82) is 0 Å². The van der Waals surface area contributed by atoms with Crippen LogP contribution >= 0.6 is 0 Å². The number of carboxylic acids is 2. The SMILES string of the molecule is CC(C)CCCCCCCCCCCCCCc1c(C(C)C)ccc(C(=O)O)c1C(=O)O. The molecular weight excluding hydrogens is 400 g/mol. The second-order valence-electron chi connectivity index (χ2n) is 10.00. The summed E-state index contributed by atoms with van der Waals surface area (Å²) < 4.78 is 0. The quantitative estimate of drug-likeness (QED) is 0.222. The van der Waals surface area contributed by atoms with E-state index in [1.165, 1.54) is 70.3 Å². The molecule has 0 radical (unpaired) electrons. The average Bonchev–Trinajstić information content (AvgIpc) is 2.72. The minimum absolute atomic E-state index is 0.0205. The van der Waals surface area contributed by atoms with E-state index < -0.39 is 11.9 Å². The zero-order valence-electron chi connectivity index (χ0n) is 20.9. The fourth-order valence-corrected chi connectivity index (χ4v) is 4.52. The molecule has 1 rings (SSSR count). The highest BCUT2D eigenvalue weighted by molar-refractivity contribution is 6.03. The first-order valence-corrected chi connectivity index (χ1v) is 12.9. The Hall–Kier alpha value is -1.84. The summed E-state index contributed by atoms with van der Waals surface area (Å²) in [4.78, 5) is 23.3. The Labute approximate surface area is 195 Å². The average molecular weight is 447 g/mol. The highest BCUT2D eigenvalue weighted by atomic mass is 16.4. The van der Waals surface area contributed by atoms with Crippen LogP contribution in [-0.2, 0) is 6.42 Å². The molecular formula is C28H46O4. The third-order valence-corrected chi connectivity index (χ3v) is 6.37. The van der Waals surface area contributed by atoms with Gasteiger partial charge in [0.1, 0.15) is 0 Å². The third kappa shape index (κ3) is 10.7. The van der Waals surface area contributed by atoms with Gasteiger partial charge in [-0.2, -0.15) is 0 Å². The van der Waals surface area contributed by atoms with Crippen LogP contribution in [0, 0.1) is 5.92 Å². The molecule has 4 heteroatoms. The maximum Gasteiger partial charge on any atom is 0.336 e. The molecule has 0 atom stereocenters. The molecule has 182 valence electrons. The van der Waals surface area contributed by atoms with E-state index in [-0.39, 0.29) is 17.0 Å². The summed E-state index contributed by atoms with van der Waals surface area (Å²) in [6.07, 6.45) is 17.2.